The van der Waals surface area contributed by atoms with Crippen molar-refractivity contribution in [3.8, 4) is 0 Å². The minimum atomic E-state index is -0.826. The highest BCUT2D eigenvalue weighted by atomic mass is 16.2. The lowest BCUT2D eigenvalue weighted by Crippen LogP contribution is -2.47. The monoisotopic (exact) mass is 1880 g/mol. The number of unbranched alkanes of at least 4 members (excludes halogenated alkanes) is 6. The number of fused-ring (bicyclic) bond motifs is 4. The second-order valence-electron chi connectivity index (χ2n) is 45.7. The van der Waals surface area contributed by atoms with Crippen LogP contribution in [-0.2, 0) is 62.5 Å². The summed E-state index contributed by atoms with van der Waals surface area (Å²) in [6.45, 7) is 48.5. The molecule has 0 saturated heterocycles. The van der Waals surface area contributed by atoms with E-state index < -0.39 is 12.1 Å². The zero-order valence-corrected chi connectivity index (χ0v) is 87.4. The van der Waals surface area contributed by atoms with Crippen LogP contribution in [0.2, 0.25) is 0 Å². The summed E-state index contributed by atoms with van der Waals surface area (Å²) in [5.41, 5.74) is 27.6. The molecule has 16 nitrogen and oxygen atoms in total. The van der Waals surface area contributed by atoms with Gasteiger partial charge in [-0.15, -0.1) is 0 Å². The van der Waals surface area contributed by atoms with Crippen molar-refractivity contribution in [1.29, 1.82) is 0 Å². The summed E-state index contributed by atoms with van der Waals surface area (Å²) in [5.74, 6) is -1.91. The maximum atomic E-state index is 14.0. The molecule has 1 unspecified atom stereocenters. The molecule has 740 valence electrons. The number of rotatable bonds is 42. The molecule has 0 heterocycles. The lowest BCUT2D eigenvalue weighted by atomic mass is 9.63. The van der Waals surface area contributed by atoms with E-state index in [-0.39, 0.29) is 103 Å². The summed E-state index contributed by atoms with van der Waals surface area (Å²) in [6.07, 6.45) is 25.8. The van der Waals surface area contributed by atoms with Crippen molar-refractivity contribution in [2.24, 2.45) is 0 Å². The Labute approximate surface area is 831 Å². The average molecular weight is 1880 g/mol. The highest BCUT2D eigenvalue weighted by Crippen LogP contribution is 2.51. The highest BCUT2D eigenvalue weighted by molar-refractivity contribution is 6.00. The largest absolute Gasteiger partial charge is 0.356 e. The first-order chi connectivity index (χ1) is 65.8. The number of benzene rings is 8. The molecule has 0 spiro atoms. The van der Waals surface area contributed by atoms with Crippen LogP contribution < -0.4 is 42.5 Å². The highest BCUT2D eigenvalue weighted by Gasteiger charge is 2.42. The number of carbonyl (C=O) groups is 8. The average Bonchev–Trinajstić information content (AvgIpc) is 0.766. The van der Waals surface area contributed by atoms with Gasteiger partial charge in [0.1, 0.15) is 12.1 Å². The summed E-state index contributed by atoms with van der Waals surface area (Å²) in [5, 5.41) is 24.3. The maximum Gasteiger partial charge on any atom is 0.251 e. The number of hydrogen-bond donors (Lipinski definition) is 8. The van der Waals surface area contributed by atoms with E-state index >= 15 is 0 Å². The van der Waals surface area contributed by atoms with E-state index in [9.17, 15) is 38.4 Å². The zero-order valence-electron chi connectivity index (χ0n) is 87.4. The Bertz CT molecular complexity index is 5490. The third kappa shape index (κ3) is 28.4. The van der Waals surface area contributed by atoms with Crippen LogP contribution in [-0.4, -0.2) is 98.6 Å². The molecule has 0 radical (unpaired) electrons. The van der Waals surface area contributed by atoms with Crippen LogP contribution in [0.5, 0.6) is 0 Å². The van der Waals surface area contributed by atoms with Crippen LogP contribution in [0.15, 0.2) is 170 Å². The van der Waals surface area contributed by atoms with Crippen molar-refractivity contribution in [2.75, 3.05) is 39.3 Å². The van der Waals surface area contributed by atoms with Crippen LogP contribution in [0.4, 0.5) is 0 Å². The lowest BCUT2D eigenvalue weighted by molar-refractivity contribution is -0.123. The molecule has 0 bridgehead atoms. The fraction of sp³-hybridized carbons (Fsp3) is 0.480. The Morgan fingerprint density at radius 2 is 0.446 bits per heavy atom. The molecule has 8 aromatic rings. The Balaban J connectivity index is 0.560. The van der Waals surface area contributed by atoms with Crippen molar-refractivity contribution in [3.05, 3.63) is 281 Å². The van der Waals surface area contributed by atoms with E-state index in [0.717, 1.165) is 95.9 Å². The van der Waals surface area contributed by atoms with E-state index in [2.05, 4.69) is 278 Å². The van der Waals surface area contributed by atoms with Gasteiger partial charge in [0.05, 0.1) is 0 Å². The zero-order chi connectivity index (χ0) is 100. The molecule has 4 aliphatic carbocycles. The normalized spacial score (nSPS) is 17.2. The molecule has 4 aliphatic rings. The molecule has 0 aromatic heterocycles. The standard InChI is InChI=1S/C123H160N8O8/c1-82(94-52-56-98-102(78-94)120(13,14)64-60-116(98,5)6)74-86-36-44-90(45-37-86)110(134)126-72-29-23-32-106(130-112(136)92-48-40-88(41-49-92)76-84(3)96-54-58-100-104(80-96)122(17,18)66-62-118(100,9)10)114(138)128-70-27-21-25-68-124-108(132)34-31-35-109(133)125-69-26-22-28-71-129-115(139)107(131-113(137)93-50-42-89(43-51-93)77-85(4)97-55-59-101-105(81-97)123(19,20)67-63-119(101,11)12)33-24-30-73-127-111(135)91-46-38-87(39-47-91)75-83(2)95-53-57-99-103(79-95)121(15,16)65-61-117(99,7)8/h36-59,74-81,106-107H,21-35,60-73H2,1-20H3,(H,124,132)(H,125,133)(H,126,134)(H,127,135)(H,128,138)(H,129,139)(H,130,136)(H,131,137)/b82-74+,83-75+,84-76+,85-77+/t106-,107?/m0/s1. The van der Waals surface area contributed by atoms with E-state index in [1.165, 1.54) is 79.6 Å². The SMILES string of the molecule is C/C(=C\c1ccc(C(=O)NCCCCC(NC(=O)c2ccc(/C=C(\C)c3ccc4c(c3)C(C)(C)CCC4(C)C)cc2)C(=O)NCCCCCNC(=O)CCCC(=O)NCCCCCNC(=O)[C@H](CCCCNC(=O)c2ccc(/C=C(\C)c3ccc4c(c3)C(C)(C)CCC4(C)C)cc2)NC(=O)c2ccc(/C=C(\C)c3ccc4c(c3)C(C)(C)CCC4(C)C)cc2)cc1)c1ccc2c(c1)C(C)(C)CCC2(C)C. The van der Waals surface area contributed by atoms with Crippen molar-refractivity contribution < 1.29 is 38.4 Å². The van der Waals surface area contributed by atoms with E-state index in [1.54, 1.807) is 24.3 Å². The Morgan fingerprint density at radius 3 is 0.698 bits per heavy atom. The summed E-state index contributed by atoms with van der Waals surface area (Å²) >= 11 is 0. The molecule has 0 aliphatic heterocycles. The van der Waals surface area contributed by atoms with Crippen LogP contribution in [0.1, 0.15) is 417 Å². The molecule has 2 atom stereocenters. The molecule has 0 saturated carbocycles. The van der Waals surface area contributed by atoms with Crippen LogP contribution >= 0.6 is 0 Å². The molecule has 8 N–H and O–H groups in total. The van der Waals surface area contributed by atoms with Crippen molar-refractivity contribution >= 4 is 93.9 Å². The quantitative estimate of drug-likeness (QED) is 0.0135. The van der Waals surface area contributed by atoms with E-state index in [0.29, 0.717) is 132 Å². The molecule has 8 aromatic carbocycles. The van der Waals surface area contributed by atoms with Gasteiger partial charge in [-0.2, -0.15) is 0 Å². The fourth-order valence-electron chi connectivity index (χ4n) is 20.7. The first kappa shape index (κ1) is 106. The van der Waals surface area contributed by atoms with Gasteiger partial charge >= 0.3 is 0 Å². The van der Waals surface area contributed by atoms with Gasteiger partial charge in [0, 0.05) is 74.4 Å². The Morgan fingerprint density at radius 1 is 0.237 bits per heavy atom. The van der Waals surface area contributed by atoms with Gasteiger partial charge in [0.2, 0.25) is 23.6 Å². The third-order valence-corrected chi connectivity index (χ3v) is 30.9. The van der Waals surface area contributed by atoms with Crippen LogP contribution in [0, 0.1) is 0 Å². The smallest absolute Gasteiger partial charge is 0.251 e. The summed E-state index contributed by atoms with van der Waals surface area (Å²) < 4.78 is 0. The van der Waals surface area contributed by atoms with Crippen LogP contribution in [0.25, 0.3) is 46.6 Å². The molecule has 139 heavy (non-hydrogen) atoms. The van der Waals surface area contributed by atoms with Gasteiger partial charge in [0.15, 0.2) is 0 Å². The van der Waals surface area contributed by atoms with Gasteiger partial charge < -0.3 is 42.5 Å². The second-order valence-corrected chi connectivity index (χ2v) is 45.7. The maximum absolute atomic E-state index is 14.0. The van der Waals surface area contributed by atoms with Crippen LogP contribution in [0.3, 0.4) is 0 Å². The van der Waals surface area contributed by atoms with Gasteiger partial charge in [-0.1, -0.05) is 256 Å². The first-order valence-corrected chi connectivity index (χ1v) is 51.8. The second kappa shape index (κ2) is 46.3. The number of hydrogen-bond acceptors (Lipinski definition) is 8. The predicted octanol–water partition coefficient (Wildman–Crippen LogP) is 25.4. The summed E-state index contributed by atoms with van der Waals surface area (Å²) in [4.78, 5) is 109. The molecule has 16 heteroatoms. The third-order valence-electron chi connectivity index (χ3n) is 30.9. The van der Waals surface area contributed by atoms with Crippen molar-refractivity contribution in [3.63, 3.8) is 0 Å². The molecular weight excluding hydrogens is 1720 g/mol. The van der Waals surface area contributed by atoms with E-state index in [4.69, 9.17) is 0 Å². The molecule has 12 rings (SSSR count). The number of allylic oxidation sites excluding steroid dienone is 4. The van der Waals surface area contributed by atoms with Gasteiger partial charge in [0.25, 0.3) is 23.6 Å². The molecular formula is C123H160N8O8. The fourth-order valence-corrected chi connectivity index (χ4v) is 20.7. The Kier molecular flexibility index (Phi) is 35.4. The van der Waals surface area contributed by atoms with Gasteiger partial charge in [-0.25, -0.2) is 0 Å². The molecule has 8 amide bonds. The summed E-state index contributed by atoms with van der Waals surface area (Å²) in [7, 11) is 0. The summed E-state index contributed by atoms with van der Waals surface area (Å²) in [6, 6.07) is 56.3. The minimum Gasteiger partial charge on any atom is -0.356 e. The molecule has 0 fully saturated rings. The topological polar surface area (TPSA) is 233 Å². The van der Waals surface area contributed by atoms with Gasteiger partial charge in [-0.3, -0.25) is 38.4 Å². The number of amides is 8. The van der Waals surface area contributed by atoms with Crippen molar-refractivity contribution in [1.82, 2.24) is 42.5 Å². The number of nitrogens with one attached hydrogen (secondary N) is 8. The lowest BCUT2D eigenvalue weighted by Gasteiger charge is -2.42. The predicted molar refractivity (Wildman–Crippen MR) is 575 cm³/mol. The minimum absolute atomic E-state index is 0.0856. The first-order valence-electron chi connectivity index (χ1n) is 51.8. The van der Waals surface area contributed by atoms with Crippen molar-refractivity contribution in [2.45, 2.75) is 342 Å². The van der Waals surface area contributed by atoms with E-state index in [1.807, 2.05) is 72.8 Å². The Hall–Kier alpha value is -11.5. The van der Waals surface area contributed by atoms with Gasteiger partial charge in [-0.05, 0) is 366 Å². The number of carbonyl (C=O) groups excluding carboxylic acids is 8.